The number of hydrogen-bond donors (Lipinski definition) is 2. The lowest BCUT2D eigenvalue weighted by atomic mass is 10.1. The molecule has 1 heterocycles. The van der Waals surface area contributed by atoms with Gasteiger partial charge in [0.25, 0.3) is 12.0 Å². The van der Waals surface area contributed by atoms with E-state index < -0.39 is 24.5 Å². The molecule has 2 N–H and O–H groups in total. The largest absolute Gasteiger partial charge is 0.493 e. The number of aromatic nitrogens is 2. The first kappa shape index (κ1) is 15.1. The van der Waals surface area contributed by atoms with E-state index in [4.69, 9.17) is 4.74 Å². The Kier molecular flexibility index (Phi) is 4.99. The Morgan fingerprint density at radius 3 is 2.62 bits per heavy atom. The van der Waals surface area contributed by atoms with Gasteiger partial charge in [-0.05, 0) is 5.56 Å². The zero-order chi connectivity index (χ0) is 15.2. The monoisotopic (exact) mass is 296 g/mol. The van der Waals surface area contributed by atoms with E-state index in [-0.39, 0.29) is 24.4 Å². The molecule has 0 saturated carbocycles. The average molecular weight is 296 g/mol. The molecule has 0 unspecified atom stereocenters. The van der Waals surface area contributed by atoms with Gasteiger partial charge in [0.05, 0.1) is 6.61 Å². The number of nitrogens with one attached hydrogen (secondary N) is 1. The van der Waals surface area contributed by atoms with Crippen molar-refractivity contribution in [2.24, 2.45) is 0 Å². The van der Waals surface area contributed by atoms with E-state index in [0.29, 0.717) is 5.56 Å². The number of aromatic hydroxyl groups is 1. The molecule has 21 heavy (non-hydrogen) atoms. The fourth-order valence-electron chi connectivity index (χ4n) is 1.83. The molecule has 5 nitrogen and oxygen atoms in total. The van der Waals surface area contributed by atoms with Gasteiger partial charge in [-0.15, -0.1) is 0 Å². The molecule has 2 aromatic rings. The number of hydrogen-bond acceptors (Lipinski definition) is 4. The summed E-state index contributed by atoms with van der Waals surface area (Å²) in [5, 5.41) is 9.88. The molecule has 0 saturated heterocycles. The van der Waals surface area contributed by atoms with Crippen LogP contribution < -0.4 is 5.56 Å². The number of nitrogens with zero attached hydrogens (tertiary/aromatic N) is 1. The van der Waals surface area contributed by atoms with Crippen molar-refractivity contribution in [3.05, 3.63) is 46.5 Å². The van der Waals surface area contributed by atoms with Crippen LogP contribution in [0.3, 0.4) is 0 Å². The van der Waals surface area contributed by atoms with Crippen molar-refractivity contribution in [2.45, 2.75) is 12.8 Å². The van der Waals surface area contributed by atoms with Crippen LogP contribution in [0, 0.1) is 0 Å². The summed E-state index contributed by atoms with van der Waals surface area (Å²) in [6, 6.07) is 8.62. The van der Waals surface area contributed by atoms with Crippen molar-refractivity contribution in [2.75, 3.05) is 13.2 Å². The smallest absolute Gasteiger partial charge is 0.262 e. The van der Waals surface area contributed by atoms with E-state index in [9.17, 15) is 18.7 Å². The highest BCUT2D eigenvalue weighted by Crippen LogP contribution is 2.22. The van der Waals surface area contributed by atoms with Crippen LogP contribution in [0.25, 0.3) is 11.1 Å². The van der Waals surface area contributed by atoms with Crippen LogP contribution >= 0.6 is 0 Å². The molecule has 0 aliphatic rings. The third-order valence-corrected chi connectivity index (χ3v) is 2.74. The fraction of sp³-hybridized carbons (Fsp3) is 0.286. The second kappa shape index (κ2) is 6.94. The van der Waals surface area contributed by atoms with Gasteiger partial charge in [0, 0.05) is 6.42 Å². The number of halogens is 2. The molecule has 0 bridgehead atoms. The third-order valence-electron chi connectivity index (χ3n) is 2.74. The maximum absolute atomic E-state index is 12.0. The molecule has 0 spiro atoms. The Balaban J connectivity index is 2.13. The minimum absolute atomic E-state index is 0.0165. The third kappa shape index (κ3) is 4.09. The number of benzene rings is 1. The summed E-state index contributed by atoms with van der Waals surface area (Å²) in [5.74, 6) is -0.208. The van der Waals surface area contributed by atoms with Gasteiger partial charge in [0.1, 0.15) is 18.0 Å². The van der Waals surface area contributed by atoms with Crippen LogP contribution in [-0.4, -0.2) is 34.7 Å². The molecular formula is C14H14F2N2O3. The van der Waals surface area contributed by atoms with Crippen molar-refractivity contribution in [3.63, 3.8) is 0 Å². The van der Waals surface area contributed by atoms with Gasteiger partial charge < -0.3 is 14.8 Å². The van der Waals surface area contributed by atoms with Gasteiger partial charge >= 0.3 is 0 Å². The summed E-state index contributed by atoms with van der Waals surface area (Å²) in [6.45, 7) is -0.685. The highest BCUT2D eigenvalue weighted by Gasteiger charge is 2.12. The fourth-order valence-corrected chi connectivity index (χ4v) is 1.83. The highest BCUT2D eigenvalue weighted by molar-refractivity contribution is 5.66. The number of ether oxygens (including phenoxy) is 1. The molecule has 0 amide bonds. The Labute approximate surface area is 119 Å². The summed E-state index contributed by atoms with van der Waals surface area (Å²) in [6.07, 6.45) is -2.41. The van der Waals surface area contributed by atoms with Gasteiger partial charge in [-0.25, -0.2) is 8.78 Å². The first-order valence-corrected chi connectivity index (χ1v) is 6.31. The number of aromatic amines is 1. The molecule has 0 radical (unpaired) electrons. The van der Waals surface area contributed by atoms with Crippen LogP contribution in [0.1, 0.15) is 5.82 Å². The Morgan fingerprint density at radius 2 is 2.00 bits per heavy atom. The van der Waals surface area contributed by atoms with Crippen molar-refractivity contribution >= 4 is 0 Å². The van der Waals surface area contributed by atoms with Crippen LogP contribution in [0.4, 0.5) is 8.78 Å². The van der Waals surface area contributed by atoms with Crippen LogP contribution in [0.2, 0.25) is 0 Å². The van der Waals surface area contributed by atoms with Crippen LogP contribution in [0.15, 0.2) is 35.1 Å². The summed E-state index contributed by atoms with van der Waals surface area (Å²) >= 11 is 0. The van der Waals surface area contributed by atoms with Gasteiger partial charge in [-0.1, -0.05) is 30.3 Å². The second-order valence-corrected chi connectivity index (χ2v) is 4.29. The molecule has 1 aromatic carbocycles. The quantitative estimate of drug-likeness (QED) is 0.799. The maximum atomic E-state index is 12.0. The lowest BCUT2D eigenvalue weighted by Crippen LogP contribution is -2.16. The van der Waals surface area contributed by atoms with E-state index in [2.05, 4.69) is 9.97 Å². The lowest BCUT2D eigenvalue weighted by molar-refractivity contribution is 0.0182. The first-order chi connectivity index (χ1) is 10.1. The molecule has 1 aromatic heterocycles. The normalized spacial score (nSPS) is 11.0. The maximum Gasteiger partial charge on any atom is 0.262 e. The second-order valence-electron chi connectivity index (χ2n) is 4.29. The molecule has 112 valence electrons. The zero-order valence-electron chi connectivity index (χ0n) is 11.1. The van der Waals surface area contributed by atoms with Crippen LogP contribution in [0.5, 0.6) is 5.88 Å². The minimum atomic E-state index is -2.54. The Hall–Kier alpha value is -2.28. The molecular weight excluding hydrogens is 282 g/mol. The van der Waals surface area contributed by atoms with Crippen molar-refractivity contribution in [1.29, 1.82) is 0 Å². The predicted octanol–water partition coefficient (Wildman–Crippen LogP) is 1.97. The Morgan fingerprint density at radius 1 is 1.29 bits per heavy atom. The average Bonchev–Trinajstić information content (AvgIpc) is 2.44. The molecule has 7 heteroatoms. The van der Waals surface area contributed by atoms with E-state index in [1.807, 2.05) is 0 Å². The highest BCUT2D eigenvalue weighted by atomic mass is 19.3. The topological polar surface area (TPSA) is 75.2 Å². The molecule has 2 rings (SSSR count). The summed E-state index contributed by atoms with van der Waals surface area (Å²) in [4.78, 5) is 18.4. The summed E-state index contributed by atoms with van der Waals surface area (Å²) in [7, 11) is 0. The Bertz CT molecular complexity index is 644. The summed E-state index contributed by atoms with van der Waals surface area (Å²) in [5.41, 5.74) is 0.134. The van der Waals surface area contributed by atoms with E-state index in [0.717, 1.165) is 0 Å². The van der Waals surface area contributed by atoms with Gasteiger partial charge in [0.15, 0.2) is 0 Å². The predicted molar refractivity (Wildman–Crippen MR) is 72.5 cm³/mol. The van der Waals surface area contributed by atoms with Crippen molar-refractivity contribution < 1.29 is 18.6 Å². The molecule has 0 fully saturated rings. The summed E-state index contributed by atoms with van der Waals surface area (Å²) < 4.78 is 28.5. The van der Waals surface area contributed by atoms with E-state index in [1.54, 1.807) is 30.3 Å². The van der Waals surface area contributed by atoms with Gasteiger partial charge in [-0.2, -0.15) is 4.98 Å². The molecule has 0 aliphatic carbocycles. The molecule has 0 aliphatic heterocycles. The number of rotatable bonds is 6. The number of alkyl halides is 2. The van der Waals surface area contributed by atoms with E-state index >= 15 is 0 Å². The SMILES string of the molecule is O=c1[nH]c(CCOCC(F)F)nc(O)c1-c1ccccc1. The number of H-pyrrole nitrogens is 1. The molecule has 0 atom stereocenters. The first-order valence-electron chi connectivity index (χ1n) is 6.31. The van der Waals surface area contributed by atoms with E-state index in [1.165, 1.54) is 0 Å². The van der Waals surface area contributed by atoms with Gasteiger partial charge in [-0.3, -0.25) is 4.79 Å². The minimum Gasteiger partial charge on any atom is -0.493 e. The lowest BCUT2D eigenvalue weighted by Gasteiger charge is -2.06. The van der Waals surface area contributed by atoms with Crippen molar-refractivity contribution in [1.82, 2.24) is 9.97 Å². The zero-order valence-corrected chi connectivity index (χ0v) is 11.1. The van der Waals surface area contributed by atoms with Crippen molar-refractivity contribution in [3.8, 4) is 17.0 Å². The standard InChI is InChI=1S/C14H14F2N2O3/c15-10(16)8-21-7-6-11-17-13(19)12(14(20)18-11)9-4-2-1-3-5-9/h1-5,10H,6-8H2,(H2,17,18,19,20). The van der Waals surface area contributed by atoms with Gasteiger partial charge in [0.2, 0.25) is 5.88 Å². The van der Waals surface area contributed by atoms with Crippen LogP contribution in [-0.2, 0) is 11.2 Å².